The first-order valence-electron chi connectivity index (χ1n) is 9.41. The van der Waals surface area contributed by atoms with Crippen LogP contribution in [0.3, 0.4) is 0 Å². The Labute approximate surface area is 173 Å². The fourth-order valence-electron chi connectivity index (χ4n) is 2.84. The van der Waals surface area contributed by atoms with E-state index in [1.54, 1.807) is 23.3 Å². The predicted molar refractivity (Wildman–Crippen MR) is 113 cm³/mol. The van der Waals surface area contributed by atoms with Gasteiger partial charge < -0.3 is 14.8 Å². The number of aromatic nitrogens is 3. The monoisotopic (exact) mass is 400 g/mol. The third-order valence-corrected chi connectivity index (χ3v) is 4.29. The number of hydrogen-bond donors (Lipinski definition) is 1. The summed E-state index contributed by atoms with van der Waals surface area (Å²) in [4.78, 5) is 12.4. The summed E-state index contributed by atoms with van der Waals surface area (Å²) in [5.74, 6) is 0.833. The van der Waals surface area contributed by atoms with Gasteiger partial charge in [-0.2, -0.15) is 0 Å². The quantitative estimate of drug-likeness (QED) is 0.486. The molecule has 0 aliphatic carbocycles. The average Bonchev–Trinajstić information content (AvgIpc) is 3.33. The van der Waals surface area contributed by atoms with Crippen LogP contribution in [-0.4, -0.2) is 27.3 Å². The fourth-order valence-corrected chi connectivity index (χ4v) is 2.84. The Morgan fingerprint density at radius 3 is 2.30 bits per heavy atom. The predicted octanol–water partition coefficient (Wildman–Crippen LogP) is 3.86. The average molecular weight is 400 g/mol. The van der Waals surface area contributed by atoms with Crippen LogP contribution in [0.4, 0.5) is 5.69 Å². The third kappa shape index (κ3) is 5.02. The molecule has 150 valence electrons. The number of amides is 1. The third-order valence-electron chi connectivity index (χ3n) is 4.29. The number of nitrogens with zero attached hydrogens (tertiary/aromatic N) is 3. The van der Waals surface area contributed by atoms with E-state index in [0.29, 0.717) is 23.8 Å². The largest absolute Gasteiger partial charge is 0.485 e. The van der Waals surface area contributed by atoms with Crippen LogP contribution in [-0.2, 0) is 11.4 Å². The molecule has 0 aliphatic heterocycles. The molecule has 1 heterocycles. The van der Waals surface area contributed by atoms with Crippen molar-refractivity contribution in [1.29, 1.82) is 0 Å². The minimum absolute atomic E-state index is 0.136. The molecule has 0 saturated heterocycles. The van der Waals surface area contributed by atoms with Crippen molar-refractivity contribution >= 4 is 11.6 Å². The van der Waals surface area contributed by atoms with Crippen molar-refractivity contribution in [3.63, 3.8) is 0 Å². The van der Waals surface area contributed by atoms with E-state index in [1.165, 1.54) is 0 Å². The Kier molecular flexibility index (Phi) is 6.00. The molecular formula is C23H20N4O3. The van der Waals surface area contributed by atoms with E-state index in [9.17, 15) is 4.79 Å². The second-order valence-corrected chi connectivity index (χ2v) is 6.48. The summed E-state index contributed by atoms with van der Waals surface area (Å²) < 4.78 is 13.3. The lowest BCUT2D eigenvalue weighted by Crippen LogP contribution is -2.20. The Balaban J connectivity index is 1.35. The van der Waals surface area contributed by atoms with E-state index in [4.69, 9.17) is 9.47 Å². The van der Waals surface area contributed by atoms with Crippen LogP contribution in [0.1, 0.15) is 5.56 Å². The smallest absolute Gasteiger partial charge is 0.262 e. The molecule has 0 unspecified atom stereocenters. The van der Waals surface area contributed by atoms with Crippen molar-refractivity contribution in [3.8, 4) is 17.2 Å². The molecule has 7 heteroatoms. The van der Waals surface area contributed by atoms with E-state index in [1.807, 2.05) is 72.8 Å². The molecule has 4 aromatic rings. The van der Waals surface area contributed by atoms with E-state index >= 15 is 0 Å². The molecule has 0 bridgehead atoms. The maximum atomic E-state index is 12.4. The number of nitrogens with one attached hydrogen (secondary N) is 1. The molecule has 0 spiro atoms. The second kappa shape index (κ2) is 9.38. The van der Waals surface area contributed by atoms with Crippen LogP contribution in [0.2, 0.25) is 0 Å². The Bertz CT molecular complexity index is 1100. The van der Waals surface area contributed by atoms with E-state index in [-0.39, 0.29) is 12.5 Å². The van der Waals surface area contributed by atoms with Gasteiger partial charge in [0.15, 0.2) is 18.1 Å². The molecule has 0 aliphatic rings. The van der Waals surface area contributed by atoms with Gasteiger partial charge in [0.25, 0.3) is 5.91 Å². The zero-order valence-electron chi connectivity index (χ0n) is 16.1. The van der Waals surface area contributed by atoms with Gasteiger partial charge in [-0.05, 0) is 35.9 Å². The summed E-state index contributed by atoms with van der Waals surface area (Å²) >= 11 is 0. The Morgan fingerprint density at radius 1 is 0.833 bits per heavy atom. The topological polar surface area (TPSA) is 78.3 Å². The highest BCUT2D eigenvalue weighted by Crippen LogP contribution is 2.27. The summed E-state index contributed by atoms with van der Waals surface area (Å²) in [5, 5.41) is 10.4. The Morgan fingerprint density at radius 2 is 1.53 bits per heavy atom. The number of carbonyl (C=O) groups excluding carboxylic acids is 1. The maximum absolute atomic E-state index is 12.4. The maximum Gasteiger partial charge on any atom is 0.262 e. The molecule has 1 amide bonds. The van der Waals surface area contributed by atoms with Gasteiger partial charge in [-0.1, -0.05) is 48.5 Å². The molecule has 1 N–H and O–H groups in total. The molecule has 7 nitrogen and oxygen atoms in total. The SMILES string of the molecule is O=C(COc1ccccc1OCc1ccccc1)Nc1cccc(-n2cnnc2)c1. The standard InChI is InChI=1S/C23H20N4O3/c28-23(26-19-9-6-10-20(13-19)27-16-24-25-17-27)15-30-22-12-5-4-11-21(22)29-14-18-7-2-1-3-8-18/h1-13,16-17H,14-15H2,(H,26,28). The van der Waals surface area contributed by atoms with Gasteiger partial charge in [0.2, 0.25) is 0 Å². The Hall–Kier alpha value is -4.13. The molecule has 0 atom stereocenters. The highest BCUT2D eigenvalue weighted by Gasteiger charge is 2.09. The summed E-state index contributed by atoms with van der Waals surface area (Å²) in [6, 6.07) is 24.5. The lowest BCUT2D eigenvalue weighted by Gasteiger charge is -2.13. The molecule has 0 radical (unpaired) electrons. The van der Waals surface area contributed by atoms with Crippen LogP contribution in [0.15, 0.2) is 91.5 Å². The van der Waals surface area contributed by atoms with E-state index in [2.05, 4.69) is 15.5 Å². The minimum Gasteiger partial charge on any atom is -0.485 e. The van der Waals surface area contributed by atoms with Crippen molar-refractivity contribution in [2.45, 2.75) is 6.61 Å². The number of rotatable bonds is 8. The van der Waals surface area contributed by atoms with Crippen molar-refractivity contribution < 1.29 is 14.3 Å². The van der Waals surface area contributed by atoms with Crippen LogP contribution in [0.25, 0.3) is 5.69 Å². The van der Waals surface area contributed by atoms with Gasteiger partial charge in [-0.25, -0.2) is 0 Å². The molecule has 4 rings (SSSR count). The molecular weight excluding hydrogens is 380 g/mol. The van der Waals surface area contributed by atoms with Crippen LogP contribution >= 0.6 is 0 Å². The zero-order chi connectivity index (χ0) is 20.6. The highest BCUT2D eigenvalue weighted by molar-refractivity contribution is 5.92. The number of anilines is 1. The lowest BCUT2D eigenvalue weighted by atomic mass is 10.2. The van der Waals surface area contributed by atoms with Crippen LogP contribution in [0.5, 0.6) is 11.5 Å². The first kappa shape index (κ1) is 19.2. The molecule has 3 aromatic carbocycles. The molecule has 1 aromatic heterocycles. The second-order valence-electron chi connectivity index (χ2n) is 6.48. The van der Waals surface area contributed by atoms with Crippen LogP contribution < -0.4 is 14.8 Å². The van der Waals surface area contributed by atoms with Crippen molar-refractivity contribution in [3.05, 3.63) is 97.1 Å². The van der Waals surface area contributed by atoms with Gasteiger partial charge in [0.05, 0.1) is 5.69 Å². The van der Waals surface area contributed by atoms with Crippen molar-refractivity contribution in [2.75, 3.05) is 11.9 Å². The minimum atomic E-state index is -0.270. The molecule has 30 heavy (non-hydrogen) atoms. The lowest BCUT2D eigenvalue weighted by molar-refractivity contribution is -0.118. The first-order valence-corrected chi connectivity index (χ1v) is 9.41. The van der Waals surface area contributed by atoms with E-state index in [0.717, 1.165) is 11.3 Å². The molecule has 0 saturated carbocycles. The summed E-state index contributed by atoms with van der Waals surface area (Å²) in [6.07, 6.45) is 3.19. The van der Waals surface area contributed by atoms with Gasteiger partial charge >= 0.3 is 0 Å². The summed E-state index contributed by atoms with van der Waals surface area (Å²) in [5.41, 5.74) is 2.56. The number of benzene rings is 3. The number of para-hydroxylation sites is 2. The summed E-state index contributed by atoms with van der Waals surface area (Å²) in [7, 11) is 0. The zero-order valence-corrected chi connectivity index (χ0v) is 16.1. The number of carbonyl (C=O) groups is 1. The van der Waals surface area contributed by atoms with Gasteiger partial charge in [0.1, 0.15) is 19.3 Å². The number of hydrogen-bond acceptors (Lipinski definition) is 5. The van der Waals surface area contributed by atoms with Crippen LogP contribution in [0, 0.1) is 0 Å². The normalized spacial score (nSPS) is 10.4. The first-order chi connectivity index (χ1) is 14.8. The van der Waals surface area contributed by atoms with Crippen molar-refractivity contribution in [1.82, 2.24) is 14.8 Å². The van der Waals surface area contributed by atoms with Gasteiger partial charge in [-0.15, -0.1) is 10.2 Å². The number of ether oxygens (including phenoxy) is 2. The van der Waals surface area contributed by atoms with Gasteiger partial charge in [0, 0.05) is 5.69 Å². The highest BCUT2D eigenvalue weighted by atomic mass is 16.5. The summed E-state index contributed by atoms with van der Waals surface area (Å²) in [6.45, 7) is 0.284. The van der Waals surface area contributed by atoms with E-state index < -0.39 is 0 Å². The van der Waals surface area contributed by atoms with Gasteiger partial charge in [-0.3, -0.25) is 9.36 Å². The fraction of sp³-hybridized carbons (Fsp3) is 0.0870. The van der Waals surface area contributed by atoms with Crippen molar-refractivity contribution in [2.24, 2.45) is 0 Å². The molecule has 0 fully saturated rings.